The lowest BCUT2D eigenvalue weighted by Gasteiger charge is -2.25. The molecule has 0 aliphatic carbocycles. The normalized spacial score (nSPS) is 12.0. The van der Waals surface area contributed by atoms with Crippen LogP contribution in [0.2, 0.25) is 0 Å². The van der Waals surface area contributed by atoms with E-state index in [2.05, 4.69) is 25.2 Å². The zero-order valence-electron chi connectivity index (χ0n) is 15.3. The van der Waals surface area contributed by atoms with Crippen molar-refractivity contribution in [2.24, 2.45) is 0 Å². The van der Waals surface area contributed by atoms with E-state index in [4.69, 9.17) is 5.26 Å². The monoisotopic (exact) mass is 335 g/mol. The van der Waals surface area contributed by atoms with Crippen molar-refractivity contribution in [3.8, 4) is 6.07 Å². The third kappa shape index (κ3) is 4.91. The van der Waals surface area contributed by atoms with Gasteiger partial charge in [-0.3, -0.25) is 9.69 Å². The van der Waals surface area contributed by atoms with Gasteiger partial charge in [-0.2, -0.15) is 5.26 Å². The maximum Gasteiger partial charge on any atom is 0.241 e. The number of hydrogen-bond acceptors (Lipinski definition) is 3. The largest absolute Gasteiger partial charge is 0.324 e. The van der Waals surface area contributed by atoms with E-state index in [9.17, 15) is 4.79 Å². The Morgan fingerprint density at radius 3 is 2.56 bits per heavy atom. The summed E-state index contributed by atoms with van der Waals surface area (Å²) in [5.74, 6) is 0.310. The molecule has 130 valence electrons. The van der Waals surface area contributed by atoms with E-state index in [1.807, 2.05) is 61.3 Å². The van der Waals surface area contributed by atoms with Crippen LogP contribution in [-0.2, 0) is 11.3 Å². The first-order valence-corrected chi connectivity index (χ1v) is 8.51. The number of nitrogens with one attached hydrogen (secondary N) is 1. The maximum absolute atomic E-state index is 12.6. The van der Waals surface area contributed by atoms with E-state index in [1.54, 1.807) is 6.07 Å². The van der Waals surface area contributed by atoms with Gasteiger partial charge in [0.1, 0.15) is 0 Å². The summed E-state index contributed by atoms with van der Waals surface area (Å²) in [6, 6.07) is 17.2. The van der Waals surface area contributed by atoms with Gasteiger partial charge in [0.15, 0.2) is 0 Å². The number of rotatable bonds is 6. The molecular weight excluding hydrogens is 310 g/mol. The zero-order chi connectivity index (χ0) is 18.4. The number of carbonyl (C=O) groups excluding carboxylic acids is 1. The predicted octanol–water partition coefficient (Wildman–Crippen LogP) is 4.14. The van der Waals surface area contributed by atoms with Crippen molar-refractivity contribution in [2.75, 3.05) is 12.4 Å². The van der Waals surface area contributed by atoms with E-state index < -0.39 is 0 Å². The van der Waals surface area contributed by atoms with Crippen LogP contribution in [0.1, 0.15) is 43.4 Å². The molecule has 1 atom stereocenters. The first-order valence-electron chi connectivity index (χ1n) is 8.51. The molecule has 0 aliphatic heterocycles. The summed E-state index contributed by atoms with van der Waals surface area (Å²) in [5.41, 5.74) is 3.65. The Kier molecular flexibility index (Phi) is 6.32. The summed E-state index contributed by atoms with van der Waals surface area (Å²) in [4.78, 5) is 14.6. The van der Waals surface area contributed by atoms with Crippen molar-refractivity contribution in [1.82, 2.24) is 4.90 Å². The maximum atomic E-state index is 12.6. The minimum atomic E-state index is -0.286. The molecule has 2 aromatic rings. The Morgan fingerprint density at radius 1 is 1.16 bits per heavy atom. The molecule has 1 amide bonds. The lowest BCUT2D eigenvalue weighted by Crippen LogP contribution is -2.39. The number of benzene rings is 2. The van der Waals surface area contributed by atoms with Crippen molar-refractivity contribution in [1.29, 1.82) is 5.26 Å². The highest BCUT2D eigenvalue weighted by molar-refractivity contribution is 5.95. The van der Waals surface area contributed by atoms with Crippen LogP contribution < -0.4 is 5.32 Å². The zero-order valence-corrected chi connectivity index (χ0v) is 15.3. The van der Waals surface area contributed by atoms with Gasteiger partial charge in [-0.25, -0.2) is 0 Å². The highest BCUT2D eigenvalue weighted by Gasteiger charge is 2.19. The van der Waals surface area contributed by atoms with E-state index in [1.165, 1.54) is 0 Å². The first kappa shape index (κ1) is 18.7. The SMILES string of the molecule is CC(C)c1ccccc1NC(=O)C(C)N(C)Cc1cccc(C#N)c1. The summed E-state index contributed by atoms with van der Waals surface area (Å²) < 4.78 is 0. The van der Waals surface area contributed by atoms with Gasteiger partial charge in [0.05, 0.1) is 17.7 Å². The second-order valence-electron chi connectivity index (χ2n) is 6.63. The Labute approximate surface area is 150 Å². The number of anilines is 1. The number of carbonyl (C=O) groups is 1. The topological polar surface area (TPSA) is 56.1 Å². The molecular formula is C21H25N3O. The van der Waals surface area contributed by atoms with Crippen molar-refractivity contribution in [3.63, 3.8) is 0 Å². The quantitative estimate of drug-likeness (QED) is 0.863. The van der Waals surface area contributed by atoms with Crippen molar-refractivity contribution >= 4 is 11.6 Å². The molecule has 0 saturated heterocycles. The van der Waals surface area contributed by atoms with Crippen LogP contribution >= 0.6 is 0 Å². The van der Waals surface area contributed by atoms with Crippen molar-refractivity contribution < 1.29 is 4.79 Å². The van der Waals surface area contributed by atoms with Gasteiger partial charge in [-0.05, 0) is 49.2 Å². The van der Waals surface area contributed by atoms with Crippen LogP contribution in [0.15, 0.2) is 48.5 Å². The van der Waals surface area contributed by atoms with Crippen LogP contribution in [0, 0.1) is 11.3 Å². The van der Waals surface area contributed by atoms with Gasteiger partial charge >= 0.3 is 0 Å². The van der Waals surface area contributed by atoms with Gasteiger partial charge in [0, 0.05) is 12.2 Å². The van der Waals surface area contributed by atoms with Crippen LogP contribution in [0.3, 0.4) is 0 Å². The Bertz CT molecular complexity index is 777. The lowest BCUT2D eigenvalue weighted by atomic mass is 10.0. The minimum absolute atomic E-state index is 0.0352. The minimum Gasteiger partial charge on any atom is -0.324 e. The van der Waals surface area contributed by atoms with Gasteiger partial charge in [0.25, 0.3) is 0 Å². The average molecular weight is 335 g/mol. The van der Waals surface area contributed by atoms with Crippen molar-refractivity contribution in [3.05, 3.63) is 65.2 Å². The predicted molar refractivity (Wildman–Crippen MR) is 101 cm³/mol. The smallest absolute Gasteiger partial charge is 0.241 e. The van der Waals surface area contributed by atoms with Gasteiger partial charge < -0.3 is 5.32 Å². The lowest BCUT2D eigenvalue weighted by molar-refractivity contribution is -0.120. The summed E-state index contributed by atoms with van der Waals surface area (Å²) in [7, 11) is 1.91. The third-order valence-corrected chi connectivity index (χ3v) is 4.37. The Morgan fingerprint density at radius 2 is 1.88 bits per heavy atom. The molecule has 0 heterocycles. The van der Waals surface area contributed by atoms with Gasteiger partial charge in [-0.15, -0.1) is 0 Å². The molecule has 0 fully saturated rings. The fourth-order valence-corrected chi connectivity index (χ4v) is 2.72. The Balaban J connectivity index is 2.05. The highest BCUT2D eigenvalue weighted by Crippen LogP contribution is 2.24. The number of hydrogen-bond donors (Lipinski definition) is 1. The molecule has 0 saturated carbocycles. The highest BCUT2D eigenvalue weighted by atomic mass is 16.2. The fourth-order valence-electron chi connectivity index (χ4n) is 2.72. The standard InChI is InChI=1S/C21H25N3O/c1-15(2)19-10-5-6-11-20(19)23-21(25)16(3)24(4)14-18-9-7-8-17(12-18)13-22/h5-12,15-16H,14H2,1-4H3,(H,23,25). The molecule has 1 N–H and O–H groups in total. The number of likely N-dealkylation sites (N-methyl/N-ethyl adjacent to an activating group) is 1. The van der Waals surface area contributed by atoms with Gasteiger partial charge in [-0.1, -0.05) is 44.2 Å². The first-order chi connectivity index (χ1) is 11.9. The molecule has 2 rings (SSSR count). The summed E-state index contributed by atoms with van der Waals surface area (Å²) in [6.45, 7) is 6.73. The number of nitrogens with zero attached hydrogens (tertiary/aromatic N) is 2. The second-order valence-corrected chi connectivity index (χ2v) is 6.63. The van der Waals surface area contributed by atoms with E-state index >= 15 is 0 Å². The van der Waals surface area contributed by atoms with Crippen molar-refractivity contribution in [2.45, 2.75) is 39.3 Å². The molecule has 0 aromatic heterocycles. The summed E-state index contributed by atoms with van der Waals surface area (Å²) >= 11 is 0. The summed E-state index contributed by atoms with van der Waals surface area (Å²) in [6.07, 6.45) is 0. The molecule has 0 radical (unpaired) electrons. The number of amides is 1. The molecule has 25 heavy (non-hydrogen) atoms. The van der Waals surface area contributed by atoms with Crippen LogP contribution in [0.4, 0.5) is 5.69 Å². The number of para-hydroxylation sites is 1. The molecule has 0 bridgehead atoms. The van der Waals surface area contributed by atoms with Gasteiger partial charge in [0.2, 0.25) is 5.91 Å². The second kappa shape index (κ2) is 8.46. The number of nitriles is 1. The fraction of sp³-hybridized carbons (Fsp3) is 0.333. The van der Waals surface area contributed by atoms with Crippen LogP contribution in [0.5, 0.6) is 0 Å². The average Bonchev–Trinajstić information content (AvgIpc) is 2.61. The van der Waals surface area contributed by atoms with E-state index in [0.717, 1.165) is 16.8 Å². The van der Waals surface area contributed by atoms with Crippen LogP contribution in [0.25, 0.3) is 0 Å². The molecule has 4 nitrogen and oxygen atoms in total. The van der Waals surface area contributed by atoms with Crippen LogP contribution in [-0.4, -0.2) is 23.9 Å². The van der Waals surface area contributed by atoms with E-state index in [-0.39, 0.29) is 11.9 Å². The summed E-state index contributed by atoms with van der Waals surface area (Å²) in [5, 5.41) is 12.0. The molecule has 0 aliphatic rings. The Hall–Kier alpha value is -2.64. The molecule has 0 spiro atoms. The molecule has 4 heteroatoms. The van der Waals surface area contributed by atoms with E-state index in [0.29, 0.717) is 18.0 Å². The molecule has 2 aromatic carbocycles. The molecule has 1 unspecified atom stereocenters. The third-order valence-electron chi connectivity index (χ3n) is 4.37.